The summed E-state index contributed by atoms with van der Waals surface area (Å²) < 4.78 is 5.94. The predicted octanol–water partition coefficient (Wildman–Crippen LogP) is -2.12. The van der Waals surface area contributed by atoms with E-state index in [1.54, 1.807) is 0 Å². The Morgan fingerprint density at radius 2 is 2.21 bits per heavy atom. The van der Waals surface area contributed by atoms with Gasteiger partial charge in [0.05, 0.1) is 12.7 Å². The summed E-state index contributed by atoms with van der Waals surface area (Å²) in [6, 6.07) is 0.756. The number of nitrogens with zero attached hydrogens (tertiary/aromatic N) is 1. The van der Waals surface area contributed by atoms with Gasteiger partial charge in [0.1, 0.15) is 18.0 Å². The van der Waals surface area contributed by atoms with E-state index in [4.69, 9.17) is 14.9 Å². The van der Waals surface area contributed by atoms with Gasteiger partial charge in [-0.25, -0.2) is 9.59 Å². The summed E-state index contributed by atoms with van der Waals surface area (Å²) in [4.78, 5) is 35.7. The van der Waals surface area contributed by atoms with E-state index in [9.17, 15) is 19.5 Å². The molecule has 2 heterocycles. The van der Waals surface area contributed by atoms with Gasteiger partial charge in [0.2, 0.25) is 0 Å². The molecule has 1 saturated heterocycles. The van der Waals surface area contributed by atoms with Gasteiger partial charge >= 0.3 is 11.7 Å². The largest absolute Gasteiger partial charge is 0.477 e. The smallest absolute Gasteiger partial charge is 0.352 e. The number of aromatic amines is 1. The Hall–Kier alpha value is -1.97. The van der Waals surface area contributed by atoms with E-state index in [2.05, 4.69) is 0 Å². The van der Waals surface area contributed by atoms with Crippen molar-refractivity contribution in [3.8, 4) is 0 Å². The molecular weight excluding hydrogens is 260 g/mol. The maximum atomic E-state index is 11.7. The lowest BCUT2D eigenvalue weighted by molar-refractivity contribution is -0.0468. The van der Waals surface area contributed by atoms with Gasteiger partial charge in [-0.15, -0.1) is 0 Å². The highest BCUT2D eigenvalue weighted by atomic mass is 16.5. The number of hydrogen-bond acceptors (Lipinski definition) is 6. The van der Waals surface area contributed by atoms with E-state index in [0.29, 0.717) is 0 Å². The molecule has 0 bridgehead atoms. The minimum Gasteiger partial charge on any atom is -0.477 e. The van der Waals surface area contributed by atoms with E-state index < -0.39 is 48.0 Å². The van der Waals surface area contributed by atoms with Crippen LogP contribution >= 0.6 is 0 Å². The fourth-order valence-corrected chi connectivity index (χ4v) is 1.99. The Bertz CT molecular complexity index is 605. The number of carboxylic acids is 1. The third-order valence-corrected chi connectivity index (χ3v) is 2.87. The molecule has 0 unspecified atom stereocenters. The van der Waals surface area contributed by atoms with E-state index in [-0.39, 0.29) is 6.42 Å². The molecule has 4 N–H and O–H groups in total. The second-order valence-electron chi connectivity index (χ2n) is 4.11. The number of aromatic carboxylic acids is 1. The predicted molar refractivity (Wildman–Crippen MR) is 59.9 cm³/mol. The number of ether oxygens (including phenoxy) is 1. The maximum Gasteiger partial charge on any atom is 0.352 e. The topological polar surface area (TPSA) is 142 Å². The number of aliphatic hydroxyl groups is 2. The highest BCUT2D eigenvalue weighted by molar-refractivity contribution is 5.85. The molecule has 1 aliphatic heterocycles. The fraction of sp³-hybridized carbons (Fsp3) is 0.500. The summed E-state index contributed by atoms with van der Waals surface area (Å²) in [5.74, 6) is -1.46. The molecule has 3 atom stereocenters. The molecule has 2 rings (SSSR count). The van der Waals surface area contributed by atoms with Gasteiger partial charge in [0, 0.05) is 12.5 Å². The number of aliphatic hydroxyl groups excluding tert-OH is 2. The molecule has 0 amide bonds. The molecule has 0 aromatic carbocycles. The fourth-order valence-electron chi connectivity index (χ4n) is 1.99. The molecule has 9 nitrogen and oxygen atoms in total. The molecule has 9 heteroatoms. The Balaban J connectivity index is 2.49. The van der Waals surface area contributed by atoms with Gasteiger partial charge in [0.15, 0.2) is 0 Å². The molecule has 0 aliphatic carbocycles. The molecule has 1 aromatic rings. The van der Waals surface area contributed by atoms with E-state index in [1.807, 2.05) is 4.98 Å². The lowest BCUT2D eigenvalue weighted by Gasteiger charge is -2.16. The zero-order valence-electron chi connectivity index (χ0n) is 9.65. The number of carboxylic acid groups (broad SMARTS) is 1. The third-order valence-electron chi connectivity index (χ3n) is 2.87. The molecule has 0 radical (unpaired) electrons. The van der Waals surface area contributed by atoms with Gasteiger partial charge in [-0.1, -0.05) is 0 Å². The standard InChI is InChI=1S/C10H12N2O7/c13-3-6-5(14)2-8(19-6)12-4(9(16)17)1-7(15)11-10(12)18/h1,5-6,8,13-14H,2-3H2,(H,16,17)(H,11,15,18)/t5-,6+,8+/m0/s1. The van der Waals surface area contributed by atoms with Crippen LogP contribution in [0.5, 0.6) is 0 Å². The van der Waals surface area contributed by atoms with Gasteiger partial charge < -0.3 is 20.1 Å². The lowest BCUT2D eigenvalue weighted by atomic mass is 10.2. The van der Waals surface area contributed by atoms with Crippen LogP contribution in [-0.4, -0.2) is 49.7 Å². The molecule has 0 spiro atoms. The molecule has 19 heavy (non-hydrogen) atoms. The van der Waals surface area contributed by atoms with Crippen molar-refractivity contribution in [1.82, 2.24) is 9.55 Å². The average molecular weight is 272 g/mol. The van der Waals surface area contributed by atoms with Crippen molar-refractivity contribution in [3.63, 3.8) is 0 Å². The first-order chi connectivity index (χ1) is 8.93. The first-order valence-corrected chi connectivity index (χ1v) is 5.47. The zero-order valence-corrected chi connectivity index (χ0v) is 9.65. The minimum atomic E-state index is -1.46. The van der Waals surface area contributed by atoms with Crippen molar-refractivity contribution in [2.24, 2.45) is 0 Å². The Morgan fingerprint density at radius 3 is 2.74 bits per heavy atom. The number of hydrogen-bond donors (Lipinski definition) is 4. The van der Waals surface area contributed by atoms with Gasteiger partial charge in [-0.3, -0.25) is 14.3 Å². The van der Waals surface area contributed by atoms with Gasteiger partial charge in [0.25, 0.3) is 5.56 Å². The second-order valence-corrected chi connectivity index (χ2v) is 4.11. The van der Waals surface area contributed by atoms with Crippen LogP contribution in [0.15, 0.2) is 15.7 Å². The summed E-state index contributed by atoms with van der Waals surface area (Å²) in [7, 11) is 0. The van der Waals surface area contributed by atoms with Crippen LogP contribution in [0.3, 0.4) is 0 Å². The summed E-state index contributed by atoms with van der Waals surface area (Å²) in [5, 5.41) is 27.5. The SMILES string of the molecule is O=C(O)c1cc(=O)[nH]c(=O)n1[C@H]1C[C@H](O)[C@@H](CO)O1. The highest BCUT2D eigenvalue weighted by Gasteiger charge is 2.36. The van der Waals surface area contributed by atoms with Crippen molar-refractivity contribution in [1.29, 1.82) is 0 Å². The molecule has 104 valence electrons. The van der Waals surface area contributed by atoms with Crippen LogP contribution in [0.2, 0.25) is 0 Å². The summed E-state index contributed by atoms with van der Waals surface area (Å²) >= 11 is 0. The number of aromatic nitrogens is 2. The number of rotatable bonds is 3. The Labute approximate surface area is 105 Å². The minimum absolute atomic E-state index is 0.0581. The van der Waals surface area contributed by atoms with Gasteiger partial charge in [-0.2, -0.15) is 0 Å². The third kappa shape index (κ3) is 2.43. The second kappa shape index (κ2) is 4.96. The van der Waals surface area contributed by atoms with Crippen molar-refractivity contribution >= 4 is 5.97 Å². The van der Waals surface area contributed by atoms with Crippen molar-refractivity contribution in [2.75, 3.05) is 6.61 Å². The molecule has 1 aromatic heterocycles. The summed E-state index contributed by atoms with van der Waals surface area (Å²) in [6.07, 6.45) is -3.03. The zero-order chi connectivity index (χ0) is 14.2. The molecular formula is C10H12N2O7. The van der Waals surface area contributed by atoms with Crippen LogP contribution in [0.1, 0.15) is 23.1 Å². The molecule has 0 saturated carbocycles. The lowest BCUT2D eigenvalue weighted by Crippen LogP contribution is -2.36. The summed E-state index contributed by atoms with van der Waals surface area (Å²) in [6.45, 7) is -0.460. The number of carbonyl (C=O) groups is 1. The Kier molecular flexibility index (Phi) is 3.51. The van der Waals surface area contributed by atoms with Crippen molar-refractivity contribution in [2.45, 2.75) is 24.9 Å². The van der Waals surface area contributed by atoms with E-state index in [0.717, 1.165) is 10.6 Å². The van der Waals surface area contributed by atoms with Crippen molar-refractivity contribution < 1.29 is 24.9 Å². The van der Waals surface area contributed by atoms with Gasteiger partial charge in [-0.05, 0) is 0 Å². The van der Waals surface area contributed by atoms with Crippen LogP contribution in [0, 0.1) is 0 Å². The summed E-state index contributed by atoms with van der Waals surface area (Å²) in [5.41, 5.74) is -2.32. The van der Waals surface area contributed by atoms with E-state index in [1.165, 1.54) is 0 Å². The normalized spacial score (nSPS) is 26.5. The Morgan fingerprint density at radius 1 is 1.53 bits per heavy atom. The van der Waals surface area contributed by atoms with Crippen LogP contribution in [-0.2, 0) is 4.74 Å². The van der Waals surface area contributed by atoms with E-state index >= 15 is 0 Å². The number of H-pyrrole nitrogens is 1. The van der Waals surface area contributed by atoms with Crippen LogP contribution in [0.25, 0.3) is 0 Å². The number of nitrogens with one attached hydrogen (secondary N) is 1. The first-order valence-electron chi connectivity index (χ1n) is 5.47. The molecule has 1 aliphatic rings. The monoisotopic (exact) mass is 272 g/mol. The maximum absolute atomic E-state index is 11.7. The first kappa shape index (κ1) is 13.5. The van der Waals surface area contributed by atoms with Crippen LogP contribution < -0.4 is 11.2 Å². The average Bonchev–Trinajstić information content (AvgIpc) is 2.68. The highest BCUT2D eigenvalue weighted by Crippen LogP contribution is 2.28. The van der Waals surface area contributed by atoms with Crippen LogP contribution in [0.4, 0.5) is 0 Å². The van der Waals surface area contributed by atoms with Crippen molar-refractivity contribution in [3.05, 3.63) is 32.6 Å². The quantitative estimate of drug-likeness (QED) is 0.492. The molecule has 1 fully saturated rings.